The molecular weight excluding hydrogens is 457 g/mol. The number of hydrogen-bond acceptors (Lipinski definition) is 1. The summed E-state index contributed by atoms with van der Waals surface area (Å²) >= 11 is 0. The quantitative estimate of drug-likeness (QED) is 0.151. The highest BCUT2D eigenvalue weighted by atomic mass is 28.4. The molecule has 1 aliphatic carbocycles. The SMILES string of the molecule is C/C=C/C(O[Si](C)(C)C(C)(C)C)C(C)(C)[C@@H](C)C/C=C\[C@H]1C[C@H]1C#C[Si](C(C)C)(C(C)C)C(C)C. The summed E-state index contributed by atoms with van der Waals surface area (Å²) in [6.07, 6.45) is 11.9. The van der Waals surface area contributed by atoms with Crippen molar-refractivity contribution in [1.82, 2.24) is 0 Å². The molecule has 0 amide bonds. The molecule has 1 aliphatic rings. The Balaban J connectivity index is 2.87. The van der Waals surface area contributed by atoms with Gasteiger partial charge in [0, 0.05) is 5.92 Å². The van der Waals surface area contributed by atoms with Crippen LogP contribution in [0.5, 0.6) is 0 Å². The molecule has 202 valence electrons. The van der Waals surface area contributed by atoms with Gasteiger partial charge in [0.1, 0.15) is 8.07 Å². The second-order valence-electron chi connectivity index (χ2n) is 14.4. The first-order valence-corrected chi connectivity index (χ1v) is 19.5. The normalized spacial score (nSPS) is 21.8. The van der Waals surface area contributed by atoms with E-state index in [0.29, 0.717) is 34.4 Å². The summed E-state index contributed by atoms with van der Waals surface area (Å²) in [5, 5.41) is 0.217. The van der Waals surface area contributed by atoms with Gasteiger partial charge in [-0.05, 0) is 71.8 Å². The average molecular weight is 517 g/mol. The molecule has 1 rings (SSSR count). The Bertz CT molecular complexity index is 761. The highest BCUT2D eigenvalue weighted by Gasteiger charge is 2.44. The van der Waals surface area contributed by atoms with Crippen LogP contribution in [0.4, 0.5) is 0 Å². The van der Waals surface area contributed by atoms with Gasteiger partial charge in [0.25, 0.3) is 0 Å². The van der Waals surface area contributed by atoms with Crippen molar-refractivity contribution >= 4 is 16.4 Å². The molecule has 1 fully saturated rings. The molecule has 0 radical (unpaired) electrons. The van der Waals surface area contributed by atoms with Gasteiger partial charge in [-0.15, -0.1) is 11.5 Å². The molecule has 0 N–H and O–H groups in total. The van der Waals surface area contributed by atoms with E-state index in [1.54, 1.807) is 0 Å². The van der Waals surface area contributed by atoms with E-state index >= 15 is 0 Å². The van der Waals surface area contributed by atoms with Crippen LogP contribution < -0.4 is 0 Å². The third-order valence-electron chi connectivity index (χ3n) is 9.65. The van der Waals surface area contributed by atoms with E-state index in [0.717, 1.165) is 6.42 Å². The molecule has 0 aromatic rings. The van der Waals surface area contributed by atoms with Crippen molar-refractivity contribution in [3.8, 4) is 11.5 Å². The minimum atomic E-state index is -1.84. The third kappa shape index (κ3) is 7.96. The summed E-state index contributed by atoms with van der Waals surface area (Å²) in [6, 6.07) is 0. The first-order chi connectivity index (χ1) is 15.8. The molecule has 1 saturated carbocycles. The number of allylic oxidation sites excluding steroid dienone is 3. The van der Waals surface area contributed by atoms with Gasteiger partial charge >= 0.3 is 0 Å². The highest BCUT2D eigenvalue weighted by molar-refractivity contribution is 6.90. The van der Waals surface area contributed by atoms with E-state index in [2.05, 4.69) is 139 Å². The van der Waals surface area contributed by atoms with Crippen molar-refractivity contribution in [2.75, 3.05) is 0 Å². The molecule has 0 aromatic heterocycles. The molecule has 35 heavy (non-hydrogen) atoms. The highest BCUT2D eigenvalue weighted by Crippen LogP contribution is 2.45. The molecule has 0 spiro atoms. The van der Waals surface area contributed by atoms with Crippen molar-refractivity contribution in [3.05, 3.63) is 24.3 Å². The Morgan fingerprint density at radius 3 is 1.86 bits per heavy atom. The van der Waals surface area contributed by atoms with Crippen LogP contribution in [0.3, 0.4) is 0 Å². The standard InChI is InChI=1S/C32H60OSi2/c1-16-18-30(33-34(14,15)31(9,10)11)32(12,13)27(8)19-17-20-28-23-29(28)21-22-35(24(2)3,25(4)5)26(6)7/h16-18,20,24-30H,19,23H2,1-15H3/b18-16+,20-17-/t27-,28-,29+,30?/m0/s1. The van der Waals surface area contributed by atoms with Crippen molar-refractivity contribution in [2.24, 2.45) is 23.2 Å². The molecule has 0 saturated heterocycles. The fourth-order valence-electron chi connectivity index (χ4n) is 5.39. The van der Waals surface area contributed by atoms with E-state index in [4.69, 9.17) is 4.43 Å². The van der Waals surface area contributed by atoms with Crippen molar-refractivity contribution in [3.63, 3.8) is 0 Å². The zero-order valence-corrected chi connectivity index (χ0v) is 28.2. The Morgan fingerprint density at radius 1 is 0.914 bits per heavy atom. The van der Waals surface area contributed by atoms with Gasteiger partial charge in [-0.2, -0.15) is 0 Å². The van der Waals surface area contributed by atoms with Crippen LogP contribution in [0.25, 0.3) is 0 Å². The summed E-state index contributed by atoms with van der Waals surface area (Å²) < 4.78 is 6.92. The van der Waals surface area contributed by atoms with Gasteiger partial charge in [-0.25, -0.2) is 0 Å². The first-order valence-electron chi connectivity index (χ1n) is 14.3. The average Bonchev–Trinajstić information content (AvgIpc) is 3.44. The largest absolute Gasteiger partial charge is 0.410 e. The lowest BCUT2D eigenvalue weighted by molar-refractivity contribution is 0.0554. The zero-order valence-electron chi connectivity index (χ0n) is 26.2. The second-order valence-corrected chi connectivity index (χ2v) is 24.7. The second kappa shape index (κ2) is 12.3. The fraction of sp³-hybridized carbons (Fsp3) is 0.812. The van der Waals surface area contributed by atoms with E-state index in [1.807, 2.05) is 0 Å². The Labute approximate surface area is 223 Å². The van der Waals surface area contributed by atoms with Crippen LogP contribution in [0, 0.1) is 34.6 Å². The van der Waals surface area contributed by atoms with Gasteiger partial charge in [-0.3, -0.25) is 0 Å². The van der Waals surface area contributed by atoms with E-state index in [9.17, 15) is 0 Å². The minimum Gasteiger partial charge on any atom is -0.410 e. The zero-order chi connectivity index (χ0) is 27.4. The predicted molar refractivity (Wildman–Crippen MR) is 164 cm³/mol. The Hall–Kier alpha value is -0.566. The lowest BCUT2D eigenvalue weighted by Crippen LogP contribution is -2.48. The maximum Gasteiger partial charge on any atom is 0.192 e. The fourth-order valence-corrected chi connectivity index (χ4v) is 12.1. The van der Waals surface area contributed by atoms with Crippen LogP contribution in [0.15, 0.2) is 24.3 Å². The van der Waals surface area contributed by atoms with Crippen LogP contribution >= 0.6 is 0 Å². The van der Waals surface area contributed by atoms with Crippen molar-refractivity contribution in [2.45, 2.75) is 144 Å². The van der Waals surface area contributed by atoms with E-state index in [-0.39, 0.29) is 16.6 Å². The smallest absolute Gasteiger partial charge is 0.192 e. The first kappa shape index (κ1) is 32.5. The monoisotopic (exact) mass is 516 g/mol. The lowest BCUT2D eigenvalue weighted by Gasteiger charge is -2.45. The lowest BCUT2D eigenvalue weighted by atomic mass is 9.73. The molecule has 0 aliphatic heterocycles. The summed E-state index contributed by atoms with van der Waals surface area (Å²) in [6.45, 7) is 35.5. The van der Waals surface area contributed by atoms with Gasteiger partial charge in [0.15, 0.2) is 8.32 Å². The third-order valence-corrected chi connectivity index (χ3v) is 20.4. The van der Waals surface area contributed by atoms with Crippen LogP contribution in [-0.4, -0.2) is 22.5 Å². The molecule has 0 bridgehead atoms. The molecule has 3 heteroatoms. The Morgan fingerprint density at radius 2 is 1.43 bits per heavy atom. The number of rotatable bonds is 11. The molecule has 1 nitrogen and oxygen atoms in total. The van der Waals surface area contributed by atoms with Gasteiger partial charge < -0.3 is 4.43 Å². The van der Waals surface area contributed by atoms with Gasteiger partial charge in [-0.1, -0.05) is 107 Å². The number of hydrogen-bond donors (Lipinski definition) is 0. The van der Waals surface area contributed by atoms with Gasteiger partial charge in [0.2, 0.25) is 0 Å². The maximum absolute atomic E-state index is 6.92. The van der Waals surface area contributed by atoms with Crippen LogP contribution in [0.1, 0.15) is 103 Å². The summed E-state index contributed by atoms with van der Waals surface area (Å²) in [5.74, 6) is 5.55. The van der Waals surface area contributed by atoms with Crippen molar-refractivity contribution in [1.29, 1.82) is 0 Å². The maximum atomic E-state index is 6.92. The molecule has 1 unspecified atom stereocenters. The van der Waals surface area contributed by atoms with E-state index in [1.165, 1.54) is 6.42 Å². The predicted octanol–water partition coefficient (Wildman–Crippen LogP) is 10.4. The van der Waals surface area contributed by atoms with Crippen LogP contribution in [0.2, 0.25) is 34.8 Å². The van der Waals surface area contributed by atoms with Crippen LogP contribution in [-0.2, 0) is 4.43 Å². The summed E-state index contributed by atoms with van der Waals surface area (Å²) in [5.41, 5.74) is 6.16. The molecule has 4 atom stereocenters. The molecule has 0 aromatic carbocycles. The van der Waals surface area contributed by atoms with Gasteiger partial charge in [0.05, 0.1) is 6.10 Å². The molecular formula is C32H60OSi2. The minimum absolute atomic E-state index is 0.0755. The van der Waals surface area contributed by atoms with Crippen molar-refractivity contribution < 1.29 is 4.43 Å². The summed E-state index contributed by atoms with van der Waals surface area (Å²) in [7, 11) is -3.45. The van der Waals surface area contributed by atoms with E-state index < -0.39 is 16.4 Å². The Kier molecular flexibility index (Phi) is 11.4. The topological polar surface area (TPSA) is 9.23 Å². The summed E-state index contributed by atoms with van der Waals surface area (Å²) in [4.78, 5) is 0. The molecule has 0 heterocycles.